The predicted octanol–water partition coefficient (Wildman–Crippen LogP) is 2.56. The average Bonchev–Trinajstić information content (AvgIpc) is 2.55. The molecule has 2 aromatic carbocycles. The van der Waals surface area contributed by atoms with Gasteiger partial charge in [0.05, 0.1) is 17.1 Å². The number of para-hydroxylation sites is 1. The molecule has 0 fully saturated rings. The molecule has 8 heteroatoms. The quantitative estimate of drug-likeness (QED) is 0.798. The van der Waals surface area contributed by atoms with Gasteiger partial charge in [-0.15, -0.1) is 0 Å². The predicted molar refractivity (Wildman–Crippen MR) is 99.3 cm³/mol. The van der Waals surface area contributed by atoms with Crippen molar-refractivity contribution in [2.75, 3.05) is 25.2 Å². The van der Waals surface area contributed by atoms with Gasteiger partial charge in [0, 0.05) is 23.3 Å². The second-order valence-electron chi connectivity index (χ2n) is 5.49. The summed E-state index contributed by atoms with van der Waals surface area (Å²) in [6.45, 7) is -0.131. The molecule has 2 rings (SSSR count). The summed E-state index contributed by atoms with van der Waals surface area (Å²) in [5, 5.41) is 2.72. The third-order valence-corrected chi connectivity index (χ3v) is 5.22. The van der Waals surface area contributed by atoms with Gasteiger partial charge in [-0.2, -0.15) is 0 Å². The van der Waals surface area contributed by atoms with E-state index in [9.17, 15) is 18.0 Å². The van der Waals surface area contributed by atoms with Crippen molar-refractivity contribution in [1.82, 2.24) is 4.90 Å². The maximum Gasteiger partial charge on any atom is 0.254 e. The molecule has 0 bridgehead atoms. The summed E-state index contributed by atoms with van der Waals surface area (Å²) in [6.07, 6.45) is 1.10. The van der Waals surface area contributed by atoms with E-state index < -0.39 is 9.84 Å². The SMILES string of the molecule is CN(CC(=O)Nc1ccccc1Br)C(=O)c1ccc(S(C)(=O)=O)cc1. The van der Waals surface area contributed by atoms with E-state index in [4.69, 9.17) is 0 Å². The van der Waals surface area contributed by atoms with E-state index in [1.54, 1.807) is 18.2 Å². The molecule has 0 aromatic heterocycles. The van der Waals surface area contributed by atoms with E-state index in [2.05, 4.69) is 21.2 Å². The Morgan fingerprint density at radius 3 is 2.24 bits per heavy atom. The van der Waals surface area contributed by atoms with Crippen LogP contribution in [-0.4, -0.2) is 45.0 Å². The summed E-state index contributed by atoms with van der Waals surface area (Å²) in [7, 11) is -1.81. The third kappa shape index (κ3) is 5.14. The van der Waals surface area contributed by atoms with E-state index in [0.29, 0.717) is 11.3 Å². The van der Waals surface area contributed by atoms with Crippen molar-refractivity contribution in [3.05, 3.63) is 58.6 Å². The number of rotatable bonds is 5. The van der Waals surface area contributed by atoms with Gasteiger partial charge in [-0.3, -0.25) is 9.59 Å². The summed E-state index contributed by atoms with van der Waals surface area (Å²) in [5.74, 6) is -0.710. The largest absolute Gasteiger partial charge is 0.332 e. The molecule has 25 heavy (non-hydrogen) atoms. The molecular weight excluding hydrogens is 408 g/mol. The Labute approximate surface area is 154 Å². The number of hydrogen-bond acceptors (Lipinski definition) is 4. The number of amides is 2. The summed E-state index contributed by atoms with van der Waals surface area (Å²) in [4.78, 5) is 25.8. The Morgan fingerprint density at radius 1 is 1.08 bits per heavy atom. The number of halogens is 1. The highest BCUT2D eigenvalue weighted by Crippen LogP contribution is 2.21. The van der Waals surface area contributed by atoms with E-state index in [1.165, 1.54) is 36.2 Å². The van der Waals surface area contributed by atoms with Crippen molar-refractivity contribution in [3.8, 4) is 0 Å². The Bertz CT molecular complexity index is 895. The minimum atomic E-state index is -3.32. The second-order valence-corrected chi connectivity index (χ2v) is 8.36. The Kier molecular flexibility index (Phi) is 5.97. The number of hydrogen-bond donors (Lipinski definition) is 1. The molecule has 1 N–H and O–H groups in total. The molecule has 2 amide bonds. The molecule has 0 saturated carbocycles. The number of carbonyl (C=O) groups excluding carboxylic acids is 2. The van der Waals surface area contributed by atoms with Crippen molar-refractivity contribution in [3.63, 3.8) is 0 Å². The van der Waals surface area contributed by atoms with Gasteiger partial charge in [0.1, 0.15) is 0 Å². The fraction of sp³-hybridized carbons (Fsp3) is 0.176. The van der Waals surface area contributed by atoms with Crippen LogP contribution in [0, 0.1) is 0 Å². The Hall–Kier alpha value is -2.19. The zero-order valence-electron chi connectivity index (χ0n) is 13.7. The molecule has 2 aromatic rings. The molecule has 0 unspecified atom stereocenters. The van der Waals surface area contributed by atoms with Gasteiger partial charge in [-0.25, -0.2) is 8.42 Å². The molecule has 0 spiro atoms. The smallest absolute Gasteiger partial charge is 0.254 e. The van der Waals surface area contributed by atoms with Crippen LogP contribution in [0.2, 0.25) is 0 Å². The van der Waals surface area contributed by atoms with Crippen molar-refractivity contribution < 1.29 is 18.0 Å². The molecule has 0 heterocycles. The van der Waals surface area contributed by atoms with Crippen LogP contribution in [0.25, 0.3) is 0 Å². The Balaban J connectivity index is 2.02. The lowest BCUT2D eigenvalue weighted by Crippen LogP contribution is -2.35. The standard InChI is InChI=1S/C17H17BrN2O4S/c1-20(11-16(21)19-15-6-4-3-5-14(15)18)17(22)12-7-9-13(10-8-12)25(2,23)24/h3-10H,11H2,1-2H3,(H,19,21). The fourth-order valence-electron chi connectivity index (χ4n) is 2.10. The van der Waals surface area contributed by atoms with E-state index in [1.807, 2.05) is 6.07 Å². The van der Waals surface area contributed by atoms with Gasteiger partial charge in [-0.05, 0) is 52.3 Å². The van der Waals surface area contributed by atoms with Crippen LogP contribution < -0.4 is 5.32 Å². The first-order chi connectivity index (χ1) is 11.7. The van der Waals surface area contributed by atoms with Crippen LogP contribution in [0.15, 0.2) is 57.9 Å². The first-order valence-corrected chi connectivity index (χ1v) is 9.97. The maximum atomic E-state index is 12.3. The monoisotopic (exact) mass is 424 g/mol. The number of benzene rings is 2. The summed E-state index contributed by atoms with van der Waals surface area (Å²) in [6, 6.07) is 12.8. The van der Waals surface area contributed by atoms with Crippen LogP contribution in [0.5, 0.6) is 0 Å². The van der Waals surface area contributed by atoms with Gasteiger partial charge >= 0.3 is 0 Å². The van der Waals surface area contributed by atoms with Crippen molar-refractivity contribution in [2.24, 2.45) is 0 Å². The normalized spacial score (nSPS) is 11.0. The highest BCUT2D eigenvalue weighted by atomic mass is 79.9. The van der Waals surface area contributed by atoms with Crippen LogP contribution in [0.3, 0.4) is 0 Å². The number of anilines is 1. The van der Waals surface area contributed by atoms with Crippen molar-refractivity contribution >= 4 is 43.3 Å². The molecule has 0 radical (unpaired) electrons. The van der Waals surface area contributed by atoms with Crippen molar-refractivity contribution in [2.45, 2.75) is 4.90 Å². The molecule has 0 saturated heterocycles. The highest BCUT2D eigenvalue weighted by Gasteiger charge is 2.16. The van der Waals surface area contributed by atoms with E-state index in [-0.39, 0.29) is 23.3 Å². The van der Waals surface area contributed by atoms with Gasteiger partial charge in [0.2, 0.25) is 5.91 Å². The lowest BCUT2D eigenvalue weighted by atomic mass is 10.2. The van der Waals surface area contributed by atoms with Crippen LogP contribution in [-0.2, 0) is 14.6 Å². The topological polar surface area (TPSA) is 83.6 Å². The molecule has 0 aliphatic heterocycles. The van der Waals surface area contributed by atoms with Gasteiger partial charge in [0.25, 0.3) is 5.91 Å². The van der Waals surface area contributed by atoms with Gasteiger partial charge in [0.15, 0.2) is 9.84 Å². The first kappa shape index (κ1) is 19.1. The summed E-state index contributed by atoms with van der Waals surface area (Å²) in [5.41, 5.74) is 0.925. The van der Waals surface area contributed by atoms with E-state index in [0.717, 1.165) is 10.7 Å². The lowest BCUT2D eigenvalue weighted by molar-refractivity contribution is -0.116. The molecule has 0 aliphatic carbocycles. The van der Waals surface area contributed by atoms with E-state index >= 15 is 0 Å². The van der Waals surface area contributed by atoms with Crippen LogP contribution in [0.4, 0.5) is 5.69 Å². The first-order valence-electron chi connectivity index (χ1n) is 7.28. The number of carbonyl (C=O) groups is 2. The van der Waals surface area contributed by atoms with Crippen molar-refractivity contribution in [1.29, 1.82) is 0 Å². The number of likely N-dealkylation sites (N-methyl/N-ethyl adjacent to an activating group) is 1. The zero-order valence-corrected chi connectivity index (χ0v) is 16.1. The van der Waals surface area contributed by atoms with Gasteiger partial charge in [-0.1, -0.05) is 12.1 Å². The molecular formula is C17H17BrN2O4S. The van der Waals surface area contributed by atoms with Crippen LogP contribution >= 0.6 is 15.9 Å². The number of nitrogens with one attached hydrogen (secondary N) is 1. The lowest BCUT2D eigenvalue weighted by Gasteiger charge is -2.17. The average molecular weight is 425 g/mol. The third-order valence-electron chi connectivity index (χ3n) is 3.40. The molecule has 0 atom stereocenters. The number of nitrogens with zero attached hydrogens (tertiary/aromatic N) is 1. The summed E-state index contributed by atoms with van der Waals surface area (Å²) >= 11 is 3.33. The minimum Gasteiger partial charge on any atom is -0.332 e. The zero-order chi connectivity index (χ0) is 18.6. The summed E-state index contributed by atoms with van der Waals surface area (Å²) < 4.78 is 23.6. The molecule has 6 nitrogen and oxygen atoms in total. The fourth-order valence-corrected chi connectivity index (χ4v) is 3.12. The highest BCUT2D eigenvalue weighted by molar-refractivity contribution is 9.10. The molecule has 0 aliphatic rings. The molecule has 132 valence electrons. The number of sulfone groups is 1. The second kappa shape index (κ2) is 7.79. The Morgan fingerprint density at radius 2 is 1.68 bits per heavy atom. The van der Waals surface area contributed by atoms with Crippen LogP contribution in [0.1, 0.15) is 10.4 Å². The van der Waals surface area contributed by atoms with Gasteiger partial charge < -0.3 is 10.2 Å². The maximum absolute atomic E-state index is 12.3. The minimum absolute atomic E-state index is 0.131.